The normalized spacial score (nSPS) is 13.0. The second-order valence-electron chi connectivity index (χ2n) is 11.1. The summed E-state index contributed by atoms with van der Waals surface area (Å²) in [5.41, 5.74) is 0.351. The minimum Gasteiger partial charge on any atom is -0.506 e. The Kier molecular flexibility index (Phi) is 10.8. The Morgan fingerprint density at radius 2 is 0.965 bits per heavy atom. The van der Waals surface area contributed by atoms with Gasteiger partial charge >= 0.3 is 0 Å². The van der Waals surface area contributed by atoms with Crippen LogP contribution in [0.2, 0.25) is 0 Å². The van der Waals surface area contributed by atoms with Crippen molar-refractivity contribution in [1.29, 1.82) is 0 Å². The average Bonchev–Trinajstić information content (AvgIpc) is 3.08. The van der Waals surface area contributed by atoms with Gasteiger partial charge in [0.05, 0.1) is 16.0 Å². The van der Waals surface area contributed by atoms with Crippen LogP contribution in [0.1, 0.15) is 0 Å². The number of nitrogens with zero attached hydrogens (tertiary/aromatic N) is 7. The number of azo groups is 3. The predicted octanol–water partition coefficient (Wildman–Crippen LogP) is 5.68. The zero-order chi connectivity index (χ0) is 42.4. The van der Waals surface area contributed by atoms with Crippen LogP contribution in [-0.4, -0.2) is 72.1 Å². The summed E-state index contributed by atoms with van der Waals surface area (Å²) in [5, 5.41) is 63.1. The lowest BCUT2D eigenvalue weighted by Crippen LogP contribution is -2.02. The van der Waals surface area contributed by atoms with Crippen LogP contribution in [0.5, 0.6) is 17.2 Å². The van der Waals surface area contributed by atoms with Crippen LogP contribution in [-0.2, 0) is 40.5 Å². The molecule has 9 N–H and O–H groups in total. The summed E-state index contributed by atoms with van der Waals surface area (Å²) in [7, 11) is -21.5. The molecule has 25 nitrogen and oxygen atoms in total. The number of nitrogens with two attached hydrogens (primary N) is 1. The van der Waals surface area contributed by atoms with Crippen LogP contribution in [0.3, 0.4) is 0 Å². The number of rotatable bonds is 11. The third-order valence-corrected chi connectivity index (χ3v) is 10.7. The van der Waals surface area contributed by atoms with Crippen molar-refractivity contribution in [2.45, 2.75) is 19.6 Å². The van der Waals surface area contributed by atoms with Gasteiger partial charge in [-0.1, -0.05) is 0 Å². The lowest BCUT2D eigenvalue weighted by Gasteiger charge is -2.13. The Morgan fingerprint density at radius 1 is 0.526 bits per heavy atom. The van der Waals surface area contributed by atoms with Gasteiger partial charge in [0, 0.05) is 23.9 Å². The maximum atomic E-state index is 12.4. The number of hydrogen-bond donors (Lipinski definition) is 8. The van der Waals surface area contributed by atoms with Gasteiger partial charge in [-0.2, -0.15) is 38.8 Å². The summed E-state index contributed by atoms with van der Waals surface area (Å²) in [4.78, 5) is 5.11. The molecule has 0 fully saturated rings. The SMILES string of the molecule is Nc1ccc(N=Nc2ccc(N=Nc3c(S(=O)(=O)O)cc4cc(S(=O)(=O)O)c(N=Nc5ccc([N+](=O)[O-])cc5S(=O)(=O)O)c(O)c4c3O)c(S(=O)(=O)O)c2)c(O)c1. The van der Waals surface area contributed by atoms with E-state index >= 15 is 0 Å². The van der Waals surface area contributed by atoms with Crippen molar-refractivity contribution in [3.8, 4) is 17.2 Å². The predicted molar refractivity (Wildman–Crippen MR) is 191 cm³/mol. The number of nitro benzene ring substituents is 1. The number of aromatic hydroxyl groups is 3. The van der Waals surface area contributed by atoms with Gasteiger partial charge in [-0.3, -0.25) is 28.3 Å². The van der Waals surface area contributed by atoms with Crippen LogP contribution in [0.15, 0.2) is 117 Å². The summed E-state index contributed by atoms with van der Waals surface area (Å²) >= 11 is 0. The summed E-state index contributed by atoms with van der Waals surface area (Å²) in [6.07, 6.45) is 0. The van der Waals surface area contributed by atoms with Crippen molar-refractivity contribution in [2.24, 2.45) is 30.7 Å². The number of nitro groups is 1. The van der Waals surface area contributed by atoms with Gasteiger partial charge in [0.2, 0.25) is 0 Å². The number of fused-ring (bicyclic) bond motifs is 1. The molecule has 5 aromatic carbocycles. The van der Waals surface area contributed by atoms with Gasteiger partial charge < -0.3 is 21.1 Å². The first kappa shape index (κ1) is 41.6. The van der Waals surface area contributed by atoms with E-state index in [4.69, 9.17) is 5.73 Å². The quantitative estimate of drug-likeness (QED) is 0.0260. The molecule has 0 radical (unpaired) electrons. The van der Waals surface area contributed by atoms with Crippen LogP contribution >= 0.6 is 0 Å². The Balaban J connectivity index is 1.72. The monoisotopic (exact) mass is 868 g/mol. The number of hydrogen-bond acceptors (Lipinski definition) is 20. The first-order valence-electron chi connectivity index (χ1n) is 14.5. The highest BCUT2D eigenvalue weighted by Gasteiger charge is 2.30. The number of non-ortho nitro benzene ring substituents is 1. The minimum atomic E-state index is -5.49. The molecule has 0 aliphatic heterocycles. The lowest BCUT2D eigenvalue weighted by atomic mass is 10.1. The fourth-order valence-electron chi connectivity index (χ4n) is 4.75. The van der Waals surface area contributed by atoms with Crippen LogP contribution in [0.25, 0.3) is 10.8 Å². The van der Waals surface area contributed by atoms with Gasteiger partial charge in [-0.15, -0.1) is 25.6 Å². The highest BCUT2D eigenvalue weighted by atomic mass is 32.2. The van der Waals surface area contributed by atoms with Crippen LogP contribution in [0, 0.1) is 10.1 Å². The van der Waals surface area contributed by atoms with E-state index in [9.17, 15) is 77.3 Å². The Hall–Kier alpha value is -6.60. The zero-order valence-electron chi connectivity index (χ0n) is 27.4. The van der Waals surface area contributed by atoms with E-state index in [0.29, 0.717) is 36.4 Å². The molecule has 0 atom stereocenters. The highest BCUT2D eigenvalue weighted by molar-refractivity contribution is 7.86. The molecule has 57 heavy (non-hydrogen) atoms. The maximum absolute atomic E-state index is 12.4. The van der Waals surface area contributed by atoms with Crippen molar-refractivity contribution < 1.29 is 72.1 Å². The largest absolute Gasteiger partial charge is 0.506 e. The van der Waals surface area contributed by atoms with E-state index in [2.05, 4.69) is 30.7 Å². The molecule has 29 heteroatoms. The van der Waals surface area contributed by atoms with Gasteiger partial charge in [-0.25, -0.2) is 0 Å². The summed E-state index contributed by atoms with van der Waals surface area (Å²) < 4.78 is 137. The fraction of sp³-hybridized carbons (Fsp3) is 0. The van der Waals surface area contributed by atoms with Crippen molar-refractivity contribution in [1.82, 2.24) is 0 Å². The number of phenolic OH excluding ortho intramolecular Hbond substituents is 3. The first-order valence-corrected chi connectivity index (χ1v) is 20.2. The van der Waals surface area contributed by atoms with E-state index in [1.165, 1.54) is 12.1 Å². The number of anilines is 1. The van der Waals surface area contributed by atoms with E-state index in [1.807, 2.05) is 0 Å². The second kappa shape index (κ2) is 14.8. The van der Waals surface area contributed by atoms with Gasteiger partial charge in [-0.05, 0) is 53.9 Å². The number of phenols is 3. The topological polar surface area (TPSA) is 421 Å². The summed E-state index contributed by atoms with van der Waals surface area (Å²) in [6.45, 7) is 0. The molecule has 0 heterocycles. The molecule has 0 saturated heterocycles. The molecule has 298 valence electrons. The van der Waals surface area contributed by atoms with E-state index in [0.717, 1.165) is 18.2 Å². The molecule has 5 aromatic rings. The molecule has 0 aromatic heterocycles. The standard InChI is InChI=1S/C28H20N8O17S4/c29-13-1-4-16(19(37)9-13)31-30-14-2-5-17(20(10-14)54(42,43)44)32-34-25-22(56(48,49)50)7-12-8-23(57(51,52)53)26(28(39)24(12)27(25)38)35-33-18-6-3-15(36(40)41)11-21(18)55(45,46)47/h1-11,37-39H,29H2,(H,42,43,44)(H,45,46,47)(H,48,49,50)(H,51,52,53). The smallest absolute Gasteiger partial charge is 0.297 e. The fourth-order valence-corrected chi connectivity index (χ4v) is 7.35. The molecule has 5 rings (SSSR count). The van der Waals surface area contributed by atoms with Crippen LogP contribution in [0.4, 0.5) is 45.5 Å². The molecule has 0 aliphatic carbocycles. The van der Waals surface area contributed by atoms with E-state index in [-0.39, 0.29) is 17.1 Å². The highest BCUT2D eigenvalue weighted by Crippen LogP contribution is 2.50. The number of nitrogen functional groups attached to an aromatic ring is 1. The van der Waals surface area contributed by atoms with E-state index in [1.54, 1.807) is 0 Å². The van der Waals surface area contributed by atoms with Gasteiger partial charge in [0.25, 0.3) is 46.2 Å². The maximum Gasteiger partial charge on any atom is 0.297 e. The van der Waals surface area contributed by atoms with Crippen molar-refractivity contribution in [2.75, 3.05) is 5.73 Å². The van der Waals surface area contributed by atoms with Crippen molar-refractivity contribution >= 4 is 96.7 Å². The van der Waals surface area contributed by atoms with Crippen molar-refractivity contribution in [3.05, 3.63) is 76.8 Å². The zero-order valence-corrected chi connectivity index (χ0v) is 30.7. The molecular formula is C28H20N8O17S4. The molecular weight excluding hydrogens is 849 g/mol. The first-order chi connectivity index (χ1) is 26.3. The molecule has 0 amide bonds. The minimum absolute atomic E-state index is 0.100. The van der Waals surface area contributed by atoms with Crippen molar-refractivity contribution in [3.63, 3.8) is 0 Å². The third-order valence-electron chi connectivity index (χ3n) is 7.25. The number of benzene rings is 5. The lowest BCUT2D eigenvalue weighted by molar-refractivity contribution is -0.385. The average molecular weight is 869 g/mol. The summed E-state index contributed by atoms with van der Waals surface area (Å²) in [6, 6.07) is 8.94. The Morgan fingerprint density at radius 3 is 1.42 bits per heavy atom. The second-order valence-corrected chi connectivity index (χ2v) is 16.6. The Labute approximate surface area is 318 Å². The molecule has 0 bridgehead atoms. The molecule has 0 unspecified atom stereocenters. The van der Waals surface area contributed by atoms with Gasteiger partial charge in [0.1, 0.15) is 53.8 Å². The Bertz CT molecular complexity index is 3100. The molecule has 0 saturated carbocycles. The van der Waals surface area contributed by atoms with Gasteiger partial charge in [0.15, 0.2) is 11.5 Å². The van der Waals surface area contributed by atoms with E-state index < -0.39 is 121 Å². The van der Waals surface area contributed by atoms with Crippen LogP contribution < -0.4 is 5.73 Å². The summed E-state index contributed by atoms with van der Waals surface area (Å²) in [5.74, 6) is -3.28. The third kappa shape index (κ3) is 8.94. The molecule has 0 aliphatic rings. The molecule has 0 spiro atoms.